The summed E-state index contributed by atoms with van der Waals surface area (Å²) in [7, 11) is -2.13. The van der Waals surface area contributed by atoms with Gasteiger partial charge >= 0.3 is 0 Å². The fraction of sp³-hybridized carbons (Fsp3) is 0.467. The third-order valence-corrected chi connectivity index (χ3v) is 5.48. The van der Waals surface area contributed by atoms with Crippen molar-refractivity contribution in [3.05, 3.63) is 29.6 Å². The van der Waals surface area contributed by atoms with Crippen molar-refractivity contribution >= 4 is 21.6 Å². The topological polar surface area (TPSA) is 110 Å². The number of carbonyl (C=O) groups is 1. The average molecular weight is 364 g/mol. The van der Waals surface area contributed by atoms with E-state index >= 15 is 0 Å². The second kappa shape index (κ2) is 6.52. The molecule has 25 heavy (non-hydrogen) atoms. The number of tetrazole rings is 1. The van der Waals surface area contributed by atoms with E-state index in [0.717, 1.165) is 11.3 Å². The Hall–Kier alpha value is -2.33. The highest BCUT2D eigenvalue weighted by molar-refractivity contribution is 7.89. The Kier molecular flexibility index (Phi) is 4.56. The van der Waals surface area contributed by atoms with Gasteiger partial charge in [-0.2, -0.15) is 4.80 Å². The van der Waals surface area contributed by atoms with Crippen LogP contribution in [0.2, 0.25) is 0 Å². The molecule has 0 unspecified atom stereocenters. The number of nitrogens with zero attached hydrogens (tertiary/aromatic N) is 5. The van der Waals surface area contributed by atoms with Gasteiger partial charge in [0.1, 0.15) is 0 Å². The molecule has 1 aliphatic heterocycles. The highest BCUT2D eigenvalue weighted by Gasteiger charge is 2.27. The molecule has 1 amide bonds. The van der Waals surface area contributed by atoms with Crippen molar-refractivity contribution in [3.63, 3.8) is 0 Å². The molecule has 2 aromatic rings. The molecule has 0 saturated heterocycles. The molecule has 1 aliphatic rings. The Bertz CT molecular complexity index is 906. The predicted octanol–water partition coefficient (Wildman–Crippen LogP) is 0.294. The number of benzene rings is 1. The van der Waals surface area contributed by atoms with Crippen LogP contribution in [0.1, 0.15) is 31.3 Å². The zero-order chi connectivity index (χ0) is 18.2. The van der Waals surface area contributed by atoms with Crippen molar-refractivity contribution in [2.24, 2.45) is 0 Å². The van der Waals surface area contributed by atoms with Gasteiger partial charge in [0.25, 0.3) is 0 Å². The van der Waals surface area contributed by atoms with Crippen LogP contribution >= 0.6 is 0 Å². The lowest BCUT2D eigenvalue weighted by molar-refractivity contribution is -0.118. The summed E-state index contributed by atoms with van der Waals surface area (Å²) in [5, 5.41) is 12.0. The molecule has 0 atom stereocenters. The van der Waals surface area contributed by atoms with Gasteiger partial charge in [-0.3, -0.25) is 4.79 Å². The Morgan fingerprint density at radius 3 is 2.76 bits per heavy atom. The summed E-state index contributed by atoms with van der Waals surface area (Å²) in [4.78, 5) is 15.9. The van der Waals surface area contributed by atoms with Crippen molar-refractivity contribution in [1.82, 2.24) is 24.9 Å². The summed E-state index contributed by atoms with van der Waals surface area (Å²) in [5.41, 5.74) is 1.57. The van der Waals surface area contributed by atoms with Crippen molar-refractivity contribution in [1.29, 1.82) is 0 Å². The predicted molar refractivity (Wildman–Crippen MR) is 90.7 cm³/mol. The van der Waals surface area contributed by atoms with Gasteiger partial charge in [0.05, 0.1) is 17.4 Å². The Labute approximate surface area is 146 Å². The van der Waals surface area contributed by atoms with Crippen LogP contribution in [0.25, 0.3) is 0 Å². The summed E-state index contributed by atoms with van der Waals surface area (Å²) in [5.74, 6) is 0.243. The second-order valence-electron chi connectivity index (χ2n) is 6.09. The summed E-state index contributed by atoms with van der Waals surface area (Å²) in [6.45, 7) is 4.37. The number of hydrogen-bond acceptors (Lipinski definition) is 6. The van der Waals surface area contributed by atoms with Gasteiger partial charge in [-0.05, 0) is 56.3 Å². The molecule has 0 fully saturated rings. The lowest BCUT2D eigenvalue weighted by Crippen LogP contribution is -2.30. The maximum absolute atomic E-state index is 12.6. The van der Waals surface area contributed by atoms with Crippen LogP contribution < -0.4 is 9.62 Å². The van der Waals surface area contributed by atoms with Gasteiger partial charge in [0.2, 0.25) is 15.9 Å². The zero-order valence-electron chi connectivity index (χ0n) is 14.3. The van der Waals surface area contributed by atoms with Crippen LogP contribution in [0, 0.1) is 0 Å². The number of fused-ring (bicyclic) bond motifs is 1. The van der Waals surface area contributed by atoms with Crippen LogP contribution in [0.3, 0.4) is 0 Å². The SMILES string of the molecule is CNS(=O)(=O)c1ccc2c(c1)CCN2C(=O)Cc1nnn(C(C)C)n1. The fourth-order valence-corrected chi connectivity index (χ4v) is 3.48. The second-order valence-corrected chi connectivity index (χ2v) is 7.98. The third kappa shape index (κ3) is 3.40. The summed E-state index contributed by atoms with van der Waals surface area (Å²) in [6.07, 6.45) is 0.670. The fourth-order valence-electron chi connectivity index (χ4n) is 2.70. The molecule has 1 N–H and O–H groups in total. The molecule has 134 valence electrons. The number of carbonyl (C=O) groups excluding carboxylic acids is 1. The number of aromatic nitrogens is 4. The van der Waals surface area contributed by atoms with E-state index in [1.54, 1.807) is 17.0 Å². The first-order valence-electron chi connectivity index (χ1n) is 7.97. The molecule has 9 nitrogen and oxygen atoms in total. The molecular weight excluding hydrogens is 344 g/mol. The average Bonchev–Trinajstić information content (AvgIpc) is 3.20. The van der Waals surface area contributed by atoms with Crippen LogP contribution in [-0.4, -0.2) is 48.1 Å². The van der Waals surface area contributed by atoms with Crippen molar-refractivity contribution in [2.75, 3.05) is 18.5 Å². The van der Waals surface area contributed by atoms with Gasteiger partial charge < -0.3 is 4.90 Å². The van der Waals surface area contributed by atoms with E-state index in [2.05, 4.69) is 20.1 Å². The number of sulfonamides is 1. The largest absolute Gasteiger partial charge is 0.311 e. The van der Waals surface area contributed by atoms with E-state index in [-0.39, 0.29) is 23.3 Å². The van der Waals surface area contributed by atoms with Crippen LogP contribution in [0.5, 0.6) is 0 Å². The monoisotopic (exact) mass is 364 g/mol. The highest BCUT2D eigenvalue weighted by Crippen LogP contribution is 2.30. The van der Waals surface area contributed by atoms with Gasteiger partial charge in [-0.15, -0.1) is 10.2 Å². The molecule has 0 radical (unpaired) electrons. The molecular formula is C15H20N6O3S. The van der Waals surface area contributed by atoms with E-state index < -0.39 is 10.0 Å². The molecule has 10 heteroatoms. The van der Waals surface area contributed by atoms with Crippen molar-refractivity contribution in [3.8, 4) is 0 Å². The number of rotatable bonds is 5. The highest BCUT2D eigenvalue weighted by atomic mass is 32.2. The molecule has 1 aromatic heterocycles. The van der Waals surface area contributed by atoms with E-state index in [0.29, 0.717) is 18.8 Å². The van der Waals surface area contributed by atoms with Gasteiger partial charge in [0.15, 0.2) is 5.82 Å². The first-order chi connectivity index (χ1) is 11.8. The van der Waals surface area contributed by atoms with Crippen LogP contribution in [0.4, 0.5) is 5.69 Å². The summed E-state index contributed by atoms with van der Waals surface area (Å²) < 4.78 is 26.1. The smallest absolute Gasteiger partial charge is 0.240 e. The summed E-state index contributed by atoms with van der Waals surface area (Å²) in [6, 6.07) is 4.87. The van der Waals surface area contributed by atoms with Gasteiger partial charge in [-0.25, -0.2) is 13.1 Å². The van der Waals surface area contributed by atoms with Gasteiger partial charge in [-0.1, -0.05) is 0 Å². The molecule has 2 heterocycles. The van der Waals surface area contributed by atoms with E-state index in [1.807, 2.05) is 13.8 Å². The van der Waals surface area contributed by atoms with E-state index in [4.69, 9.17) is 0 Å². The molecule has 0 bridgehead atoms. The molecule has 0 spiro atoms. The van der Waals surface area contributed by atoms with E-state index in [1.165, 1.54) is 17.9 Å². The van der Waals surface area contributed by atoms with Gasteiger partial charge in [0, 0.05) is 12.2 Å². The maximum Gasteiger partial charge on any atom is 0.240 e. The molecule has 0 saturated carbocycles. The Morgan fingerprint density at radius 2 is 2.12 bits per heavy atom. The van der Waals surface area contributed by atoms with Crippen LogP contribution in [-0.2, 0) is 27.7 Å². The minimum Gasteiger partial charge on any atom is -0.311 e. The lowest BCUT2D eigenvalue weighted by Gasteiger charge is -2.16. The maximum atomic E-state index is 12.6. The normalized spacial score (nSPS) is 14.2. The van der Waals surface area contributed by atoms with E-state index in [9.17, 15) is 13.2 Å². The lowest BCUT2D eigenvalue weighted by atomic mass is 10.2. The quantitative estimate of drug-likeness (QED) is 0.817. The first kappa shape index (κ1) is 17.5. The first-order valence-corrected chi connectivity index (χ1v) is 9.45. The number of anilines is 1. The number of nitrogens with one attached hydrogen (secondary N) is 1. The number of amides is 1. The molecule has 1 aromatic carbocycles. The Morgan fingerprint density at radius 1 is 1.36 bits per heavy atom. The minimum absolute atomic E-state index is 0.0583. The van der Waals surface area contributed by atoms with Crippen molar-refractivity contribution in [2.45, 2.75) is 37.6 Å². The van der Waals surface area contributed by atoms with Crippen LogP contribution in [0.15, 0.2) is 23.1 Å². The third-order valence-electron chi connectivity index (χ3n) is 4.07. The standard InChI is InChI=1S/C15H20N6O3S/c1-10(2)21-18-14(17-19-21)9-15(22)20-7-6-11-8-12(4-5-13(11)20)25(23,24)16-3/h4-5,8,10,16H,6-7,9H2,1-3H3. The molecule has 0 aliphatic carbocycles. The summed E-state index contributed by atoms with van der Waals surface area (Å²) >= 11 is 0. The van der Waals surface area contributed by atoms with Crippen molar-refractivity contribution < 1.29 is 13.2 Å². The Balaban J connectivity index is 1.79. The molecule has 3 rings (SSSR count). The zero-order valence-corrected chi connectivity index (χ0v) is 15.1. The number of hydrogen-bond donors (Lipinski definition) is 1. The minimum atomic E-state index is -3.50.